The predicted octanol–water partition coefficient (Wildman–Crippen LogP) is 6.34. The van der Waals surface area contributed by atoms with E-state index in [4.69, 9.17) is 0 Å². The molecule has 0 aromatic heterocycles. The van der Waals surface area contributed by atoms with Crippen molar-refractivity contribution < 1.29 is 4.79 Å². The van der Waals surface area contributed by atoms with E-state index in [9.17, 15) is 4.79 Å². The lowest BCUT2D eigenvalue weighted by Gasteiger charge is -2.42. The van der Waals surface area contributed by atoms with Gasteiger partial charge in [0, 0.05) is 44.8 Å². The van der Waals surface area contributed by atoms with Crippen molar-refractivity contribution in [2.45, 2.75) is 51.0 Å². The van der Waals surface area contributed by atoms with Gasteiger partial charge >= 0.3 is 0 Å². The SMILES string of the molecule is CC(C)CCN1C=C(c2ccccc2[C@@H]2CNC[C@H]2C(=O)N2CC[C@H](c3ccccc3)C[C@@H]2c2ccccc2)CN1. The Hall–Kier alpha value is -3.41. The number of nitrogens with one attached hydrogen (secondary N) is 2. The summed E-state index contributed by atoms with van der Waals surface area (Å²) in [6.07, 6.45) is 5.41. The summed E-state index contributed by atoms with van der Waals surface area (Å²) in [6, 6.07) is 30.4. The van der Waals surface area contributed by atoms with Crippen LogP contribution in [0.15, 0.2) is 91.1 Å². The van der Waals surface area contributed by atoms with Crippen LogP contribution in [0.1, 0.15) is 73.2 Å². The van der Waals surface area contributed by atoms with Gasteiger partial charge < -0.3 is 15.2 Å². The first-order chi connectivity index (χ1) is 20.1. The number of hydrazine groups is 1. The molecule has 2 saturated heterocycles. The molecular formula is C36H44N4O. The van der Waals surface area contributed by atoms with Gasteiger partial charge in [-0.3, -0.25) is 4.79 Å². The van der Waals surface area contributed by atoms with E-state index in [2.05, 4.69) is 126 Å². The van der Waals surface area contributed by atoms with Gasteiger partial charge in [-0.15, -0.1) is 0 Å². The summed E-state index contributed by atoms with van der Waals surface area (Å²) in [6.45, 7) is 8.74. The molecule has 5 nitrogen and oxygen atoms in total. The van der Waals surface area contributed by atoms with Gasteiger partial charge in [-0.1, -0.05) is 98.8 Å². The smallest absolute Gasteiger partial charge is 0.228 e. The molecule has 3 aliphatic heterocycles. The summed E-state index contributed by atoms with van der Waals surface area (Å²) >= 11 is 0. The molecule has 2 N–H and O–H groups in total. The highest BCUT2D eigenvalue weighted by Crippen LogP contribution is 2.42. The maximum atomic E-state index is 14.5. The van der Waals surface area contributed by atoms with E-state index in [1.54, 1.807) is 0 Å². The normalized spacial score (nSPS) is 24.6. The lowest BCUT2D eigenvalue weighted by Crippen LogP contribution is -2.45. The summed E-state index contributed by atoms with van der Waals surface area (Å²) in [5, 5.41) is 5.84. The first kappa shape index (κ1) is 27.7. The second kappa shape index (κ2) is 12.6. The second-order valence-electron chi connectivity index (χ2n) is 12.4. The monoisotopic (exact) mass is 548 g/mol. The molecule has 5 heteroatoms. The van der Waals surface area contributed by atoms with Crippen LogP contribution < -0.4 is 10.7 Å². The van der Waals surface area contributed by atoms with Gasteiger partial charge in [0.05, 0.1) is 12.0 Å². The number of hydrogen-bond acceptors (Lipinski definition) is 4. The van der Waals surface area contributed by atoms with Gasteiger partial charge in [-0.2, -0.15) is 0 Å². The number of rotatable bonds is 8. The summed E-state index contributed by atoms with van der Waals surface area (Å²) in [7, 11) is 0. The Bertz CT molecular complexity index is 1340. The molecule has 0 aliphatic carbocycles. The van der Waals surface area contributed by atoms with Crippen molar-refractivity contribution >= 4 is 11.5 Å². The third-order valence-corrected chi connectivity index (χ3v) is 9.31. The van der Waals surface area contributed by atoms with Crippen molar-refractivity contribution in [3.05, 3.63) is 113 Å². The number of amides is 1. The number of hydrogen-bond donors (Lipinski definition) is 2. The van der Waals surface area contributed by atoms with E-state index in [1.165, 1.54) is 27.8 Å². The van der Waals surface area contributed by atoms with Crippen molar-refractivity contribution in [2.75, 3.05) is 32.7 Å². The largest absolute Gasteiger partial charge is 0.335 e. The van der Waals surface area contributed by atoms with Crippen LogP contribution in [0.4, 0.5) is 0 Å². The molecule has 3 aromatic rings. The quantitative estimate of drug-likeness (QED) is 0.345. The van der Waals surface area contributed by atoms with Crippen LogP contribution in [0.3, 0.4) is 0 Å². The fourth-order valence-electron chi connectivity index (χ4n) is 7.01. The van der Waals surface area contributed by atoms with Crippen molar-refractivity contribution in [1.82, 2.24) is 20.7 Å². The molecule has 0 unspecified atom stereocenters. The Kier molecular flexibility index (Phi) is 8.54. The first-order valence-electron chi connectivity index (χ1n) is 15.5. The molecule has 41 heavy (non-hydrogen) atoms. The highest BCUT2D eigenvalue weighted by molar-refractivity contribution is 5.82. The fourth-order valence-corrected chi connectivity index (χ4v) is 7.01. The molecule has 3 aliphatic rings. The predicted molar refractivity (Wildman–Crippen MR) is 167 cm³/mol. The molecule has 0 radical (unpaired) electrons. The molecule has 0 spiro atoms. The topological polar surface area (TPSA) is 47.6 Å². The van der Waals surface area contributed by atoms with Crippen LogP contribution in [-0.4, -0.2) is 48.5 Å². The third-order valence-electron chi connectivity index (χ3n) is 9.31. The summed E-state index contributed by atoms with van der Waals surface area (Å²) in [5.41, 5.74) is 10.1. The van der Waals surface area contributed by atoms with Crippen molar-refractivity contribution in [3.8, 4) is 0 Å². The Balaban J connectivity index is 1.25. The lowest BCUT2D eigenvalue weighted by atomic mass is 9.80. The van der Waals surface area contributed by atoms with Gasteiger partial charge in [0.2, 0.25) is 5.91 Å². The molecule has 6 rings (SSSR count). The van der Waals surface area contributed by atoms with Gasteiger partial charge in [0.15, 0.2) is 0 Å². The van der Waals surface area contributed by atoms with Crippen LogP contribution in [0.25, 0.3) is 5.57 Å². The molecule has 3 aromatic carbocycles. The maximum Gasteiger partial charge on any atom is 0.228 e. The van der Waals surface area contributed by atoms with Gasteiger partial charge in [0.1, 0.15) is 0 Å². The van der Waals surface area contributed by atoms with Crippen LogP contribution >= 0.6 is 0 Å². The number of nitrogens with zero attached hydrogens (tertiary/aromatic N) is 2. The van der Waals surface area contributed by atoms with Crippen LogP contribution in [-0.2, 0) is 4.79 Å². The van der Waals surface area contributed by atoms with Crippen molar-refractivity contribution in [1.29, 1.82) is 0 Å². The van der Waals surface area contributed by atoms with E-state index in [0.717, 1.165) is 52.0 Å². The average molecular weight is 549 g/mol. The fraction of sp³-hybridized carbons (Fsp3) is 0.417. The van der Waals surface area contributed by atoms with Gasteiger partial charge in [-0.25, -0.2) is 5.43 Å². The van der Waals surface area contributed by atoms with Crippen LogP contribution in [0.2, 0.25) is 0 Å². The average Bonchev–Trinajstić information content (AvgIpc) is 3.71. The number of piperidine rings is 1. The zero-order valence-corrected chi connectivity index (χ0v) is 24.5. The highest BCUT2D eigenvalue weighted by atomic mass is 16.2. The first-order valence-corrected chi connectivity index (χ1v) is 15.5. The van der Waals surface area contributed by atoms with Gasteiger partial charge in [0.25, 0.3) is 0 Å². The zero-order valence-electron chi connectivity index (χ0n) is 24.5. The number of benzene rings is 3. The summed E-state index contributed by atoms with van der Waals surface area (Å²) in [5.74, 6) is 1.53. The van der Waals surface area contributed by atoms with Crippen LogP contribution in [0, 0.1) is 11.8 Å². The minimum absolute atomic E-state index is 0.0670. The van der Waals surface area contributed by atoms with Crippen molar-refractivity contribution in [3.63, 3.8) is 0 Å². The molecule has 0 saturated carbocycles. The third kappa shape index (κ3) is 6.12. The van der Waals surface area contributed by atoms with Crippen molar-refractivity contribution in [2.24, 2.45) is 11.8 Å². The summed E-state index contributed by atoms with van der Waals surface area (Å²) in [4.78, 5) is 16.7. The number of likely N-dealkylation sites (tertiary alicyclic amines) is 1. The summed E-state index contributed by atoms with van der Waals surface area (Å²) < 4.78 is 0. The Labute approximate surface area is 245 Å². The molecule has 2 fully saturated rings. The second-order valence-corrected chi connectivity index (χ2v) is 12.4. The Morgan fingerprint density at radius 1 is 0.902 bits per heavy atom. The standard InChI is InChI=1S/C36H44N4O/c1-26(2)17-19-39-25-30(22-38-39)31-15-9-10-16-32(31)33-23-37-24-34(33)36(41)40-20-18-29(27-11-5-3-6-12-27)21-35(40)28-13-7-4-8-14-28/h3-16,25-26,29,33-35,37-38H,17-24H2,1-2H3/t29-,33-,34+,35+/m0/s1. The lowest BCUT2D eigenvalue weighted by molar-refractivity contribution is -0.139. The minimum Gasteiger partial charge on any atom is -0.335 e. The molecule has 1 amide bonds. The maximum absolute atomic E-state index is 14.5. The highest BCUT2D eigenvalue weighted by Gasteiger charge is 2.42. The zero-order chi connectivity index (χ0) is 28.2. The Morgan fingerprint density at radius 3 is 2.37 bits per heavy atom. The molecular weight excluding hydrogens is 504 g/mol. The minimum atomic E-state index is -0.0670. The molecule has 3 heterocycles. The van der Waals surface area contributed by atoms with E-state index < -0.39 is 0 Å². The molecule has 214 valence electrons. The van der Waals surface area contributed by atoms with E-state index >= 15 is 0 Å². The molecule has 0 bridgehead atoms. The van der Waals surface area contributed by atoms with Crippen LogP contribution in [0.5, 0.6) is 0 Å². The number of carbonyl (C=O) groups excluding carboxylic acids is 1. The Morgan fingerprint density at radius 2 is 1.61 bits per heavy atom. The van der Waals surface area contributed by atoms with E-state index in [1.807, 2.05) is 0 Å². The van der Waals surface area contributed by atoms with E-state index in [0.29, 0.717) is 17.7 Å². The van der Waals surface area contributed by atoms with Gasteiger partial charge in [-0.05, 0) is 58.9 Å². The van der Waals surface area contributed by atoms with E-state index in [-0.39, 0.29) is 17.9 Å². The molecule has 4 atom stereocenters. The number of carbonyl (C=O) groups is 1.